The molecule has 2 atom stereocenters. The molecule has 0 unspecified atom stereocenters. The molecule has 1 heterocycles. The van der Waals surface area contributed by atoms with Gasteiger partial charge in [0.2, 0.25) is 5.91 Å². The SMILES string of the molecule is C[C@@H](N[C@H](C)c1cccs1)C(=O)Nc1ccccc1F. The van der Waals surface area contributed by atoms with Gasteiger partial charge in [0.1, 0.15) is 5.82 Å². The molecule has 0 aliphatic heterocycles. The lowest BCUT2D eigenvalue weighted by atomic mass is 10.2. The first-order valence-electron chi connectivity index (χ1n) is 6.43. The van der Waals surface area contributed by atoms with Gasteiger partial charge in [-0.3, -0.25) is 10.1 Å². The van der Waals surface area contributed by atoms with Crippen LogP contribution >= 0.6 is 11.3 Å². The van der Waals surface area contributed by atoms with Gasteiger partial charge in [0.15, 0.2) is 0 Å². The molecular weight excluding hydrogens is 275 g/mol. The van der Waals surface area contributed by atoms with E-state index < -0.39 is 11.9 Å². The summed E-state index contributed by atoms with van der Waals surface area (Å²) in [4.78, 5) is 13.2. The molecule has 5 heteroatoms. The van der Waals surface area contributed by atoms with Crippen LogP contribution < -0.4 is 10.6 Å². The highest BCUT2D eigenvalue weighted by molar-refractivity contribution is 7.10. The maximum Gasteiger partial charge on any atom is 0.241 e. The third-order valence-electron chi connectivity index (χ3n) is 2.99. The number of anilines is 1. The predicted molar refractivity (Wildman–Crippen MR) is 80.4 cm³/mol. The number of benzene rings is 1. The molecule has 0 bridgehead atoms. The fraction of sp³-hybridized carbons (Fsp3) is 0.267. The van der Waals surface area contributed by atoms with Gasteiger partial charge in [-0.25, -0.2) is 4.39 Å². The first-order valence-corrected chi connectivity index (χ1v) is 7.30. The van der Waals surface area contributed by atoms with Gasteiger partial charge in [-0.15, -0.1) is 11.3 Å². The van der Waals surface area contributed by atoms with E-state index in [9.17, 15) is 9.18 Å². The molecule has 0 aliphatic rings. The summed E-state index contributed by atoms with van der Waals surface area (Å²) in [6, 6.07) is 9.80. The van der Waals surface area contributed by atoms with E-state index in [1.165, 1.54) is 6.07 Å². The summed E-state index contributed by atoms with van der Waals surface area (Å²) in [5.74, 6) is -0.683. The van der Waals surface area contributed by atoms with Crippen molar-refractivity contribution in [2.24, 2.45) is 0 Å². The third kappa shape index (κ3) is 3.65. The summed E-state index contributed by atoms with van der Waals surface area (Å²) in [7, 11) is 0. The molecule has 106 valence electrons. The number of carbonyl (C=O) groups excluding carboxylic acids is 1. The van der Waals surface area contributed by atoms with Gasteiger partial charge in [0.25, 0.3) is 0 Å². The van der Waals surface area contributed by atoms with Crippen LogP contribution in [-0.2, 0) is 4.79 Å². The Kier molecular flexibility index (Phi) is 4.87. The summed E-state index contributed by atoms with van der Waals surface area (Å²) in [6.07, 6.45) is 0. The van der Waals surface area contributed by atoms with E-state index in [0.717, 1.165) is 4.88 Å². The summed E-state index contributed by atoms with van der Waals surface area (Å²) < 4.78 is 13.5. The molecule has 0 fully saturated rings. The molecular formula is C15H17FN2OS. The molecule has 20 heavy (non-hydrogen) atoms. The number of halogens is 1. The van der Waals surface area contributed by atoms with Crippen molar-refractivity contribution >= 4 is 22.9 Å². The fourth-order valence-corrected chi connectivity index (χ4v) is 2.62. The number of thiophene rings is 1. The Labute approximate surface area is 121 Å². The molecule has 2 aromatic rings. The Hall–Kier alpha value is -1.72. The average Bonchev–Trinajstić information content (AvgIpc) is 2.95. The molecule has 1 aromatic carbocycles. The number of carbonyl (C=O) groups is 1. The van der Waals surface area contributed by atoms with Crippen LogP contribution in [0, 0.1) is 5.82 Å². The van der Waals surface area contributed by atoms with E-state index in [1.54, 1.807) is 36.5 Å². The standard InChI is InChI=1S/C15H17FN2OS/c1-10(14-8-5-9-20-14)17-11(2)15(19)18-13-7-4-3-6-12(13)16/h3-11,17H,1-2H3,(H,18,19)/t10-,11-/m1/s1. The van der Waals surface area contributed by atoms with Gasteiger partial charge in [-0.2, -0.15) is 0 Å². The molecule has 2 N–H and O–H groups in total. The predicted octanol–water partition coefficient (Wildman–Crippen LogP) is 3.57. The number of rotatable bonds is 5. The first-order chi connectivity index (χ1) is 9.58. The second-order valence-electron chi connectivity index (χ2n) is 4.59. The molecule has 1 aromatic heterocycles. The van der Waals surface area contributed by atoms with E-state index in [1.807, 2.05) is 24.4 Å². The van der Waals surface area contributed by atoms with E-state index in [-0.39, 0.29) is 17.6 Å². The highest BCUT2D eigenvalue weighted by atomic mass is 32.1. The van der Waals surface area contributed by atoms with Crippen molar-refractivity contribution in [3.05, 3.63) is 52.5 Å². The van der Waals surface area contributed by atoms with Crippen LogP contribution in [0.5, 0.6) is 0 Å². The first kappa shape index (κ1) is 14.7. The molecule has 2 rings (SSSR count). The lowest BCUT2D eigenvalue weighted by Crippen LogP contribution is -2.39. The fourth-order valence-electron chi connectivity index (χ4n) is 1.87. The summed E-state index contributed by atoms with van der Waals surface area (Å²) >= 11 is 1.64. The smallest absolute Gasteiger partial charge is 0.241 e. The monoisotopic (exact) mass is 292 g/mol. The molecule has 0 saturated heterocycles. The van der Waals surface area contributed by atoms with Gasteiger partial charge in [-0.05, 0) is 37.4 Å². The Morgan fingerprint density at radius 1 is 1.20 bits per heavy atom. The van der Waals surface area contributed by atoms with Crippen molar-refractivity contribution in [2.75, 3.05) is 5.32 Å². The number of nitrogens with one attached hydrogen (secondary N) is 2. The second kappa shape index (κ2) is 6.63. The Bertz CT molecular complexity index is 571. The topological polar surface area (TPSA) is 41.1 Å². The lowest BCUT2D eigenvalue weighted by molar-refractivity contribution is -0.118. The highest BCUT2D eigenvalue weighted by Gasteiger charge is 2.17. The molecule has 0 spiro atoms. The number of hydrogen-bond donors (Lipinski definition) is 2. The van der Waals surface area contributed by atoms with Crippen LogP contribution in [0.4, 0.5) is 10.1 Å². The van der Waals surface area contributed by atoms with Crippen LogP contribution in [0.2, 0.25) is 0 Å². The van der Waals surface area contributed by atoms with Crippen molar-refractivity contribution in [1.82, 2.24) is 5.32 Å². The number of para-hydroxylation sites is 1. The van der Waals surface area contributed by atoms with Crippen LogP contribution in [0.3, 0.4) is 0 Å². The zero-order valence-electron chi connectivity index (χ0n) is 11.4. The summed E-state index contributed by atoms with van der Waals surface area (Å²) in [6.45, 7) is 3.76. The Balaban J connectivity index is 1.94. The molecule has 3 nitrogen and oxygen atoms in total. The van der Waals surface area contributed by atoms with Gasteiger partial charge in [0, 0.05) is 10.9 Å². The largest absolute Gasteiger partial charge is 0.322 e. The van der Waals surface area contributed by atoms with Gasteiger partial charge in [0.05, 0.1) is 11.7 Å². The van der Waals surface area contributed by atoms with Crippen LogP contribution in [0.1, 0.15) is 24.8 Å². The maximum absolute atomic E-state index is 13.5. The number of hydrogen-bond acceptors (Lipinski definition) is 3. The van der Waals surface area contributed by atoms with Crippen molar-refractivity contribution in [2.45, 2.75) is 25.9 Å². The molecule has 1 amide bonds. The molecule has 0 aliphatic carbocycles. The minimum Gasteiger partial charge on any atom is -0.322 e. The van der Waals surface area contributed by atoms with Gasteiger partial charge in [-0.1, -0.05) is 18.2 Å². The third-order valence-corrected chi connectivity index (χ3v) is 4.05. The van der Waals surface area contributed by atoms with Gasteiger partial charge >= 0.3 is 0 Å². The highest BCUT2D eigenvalue weighted by Crippen LogP contribution is 2.19. The van der Waals surface area contributed by atoms with Crippen LogP contribution in [-0.4, -0.2) is 11.9 Å². The van der Waals surface area contributed by atoms with Crippen molar-refractivity contribution in [3.8, 4) is 0 Å². The number of amides is 1. The van der Waals surface area contributed by atoms with Crippen molar-refractivity contribution in [1.29, 1.82) is 0 Å². The molecule has 0 saturated carbocycles. The van der Waals surface area contributed by atoms with Crippen LogP contribution in [0.15, 0.2) is 41.8 Å². The Morgan fingerprint density at radius 3 is 2.60 bits per heavy atom. The van der Waals surface area contributed by atoms with E-state index in [0.29, 0.717) is 0 Å². The normalized spacial score (nSPS) is 13.8. The van der Waals surface area contributed by atoms with E-state index in [2.05, 4.69) is 10.6 Å². The van der Waals surface area contributed by atoms with E-state index in [4.69, 9.17) is 0 Å². The second-order valence-corrected chi connectivity index (χ2v) is 5.57. The minimum atomic E-state index is -0.431. The zero-order valence-corrected chi connectivity index (χ0v) is 12.2. The quantitative estimate of drug-likeness (QED) is 0.884. The molecule has 0 radical (unpaired) electrons. The Morgan fingerprint density at radius 2 is 1.95 bits per heavy atom. The lowest BCUT2D eigenvalue weighted by Gasteiger charge is -2.19. The zero-order chi connectivity index (χ0) is 14.5. The van der Waals surface area contributed by atoms with E-state index >= 15 is 0 Å². The minimum absolute atomic E-state index is 0.0800. The van der Waals surface area contributed by atoms with Crippen molar-refractivity contribution in [3.63, 3.8) is 0 Å². The maximum atomic E-state index is 13.5. The van der Waals surface area contributed by atoms with Gasteiger partial charge < -0.3 is 5.32 Å². The van der Waals surface area contributed by atoms with Crippen molar-refractivity contribution < 1.29 is 9.18 Å². The summed E-state index contributed by atoms with van der Waals surface area (Å²) in [5.41, 5.74) is 0.204. The van der Waals surface area contributed by atoms with Crippen LogP contribution in [0.25, 0.3) is 0 Å². The summed E-state index contributed by atoms with van der Waals surface area (Å²) in [5, 5.41) is 7.78. The average molecular weight is 292 g/mol.